The van der Waals surface area contributed by atoms with Crippen molar-refractivity contribution in [2.24, 2.45) is 0 Å². The monoisotopic (exact) mass is 358 g/mol. The van der Waals surface area contributed by atoms with Gasteiger partial charge in [0, 0.05) is 12.3 Å². The maximum absolute atomic E-state index is 13.8. The number of anilines is 4. The third kappa shape index (κ3) is 3.80. The number of nitrogens with one attached hydrogen (secondary N) is 2. The van der Waals surface area contributed by atoms with Gasteiger partial charge in [0.05, 0.1) is 19.9 Å². The molecule has 0 bridgehead atoms. The minimum atomic E-state index is -0.713. The van der Waals surface area contributed by atoms with Crippen LogP contribution < -0.4 is 20.1 Å². The van der Waals surface area contributed by atoms with Crippen LogP contribution in [0.5, 0.6) is 11.5 Å². The molecular weight excluding hydrogens is 342 g/mol. The molecule has 134 valence electrons. The van der Waals surface area contributed by atoms with E-state index in [2.05, 4.69) is 20.6 Å². The molecule has 0 amide bonds. The second kappa shape index (κ2) is 7.64. The third-order valence-electron chi connectivity index (χ3n) is 3.53. The van der Waals surface area contributed by atoms with Crippen LogP contribution in [0.4, 0.5) is 31.9 Å². The standard InChI is InChI=1S/C18H16F2N4O2/c1-25-11-6-7-14(15(10-11)26-2)22-18-21-9-8-16(24-18)23-17-12(19)4-3-5-13(17)20/h3-10H,1-2H3,(H2,21,22,23,24). The van der Waals surface area contributed by atoms with Gasteiger partial charge in [-0.05, 0) is 30.3 Å². The topological polar surface area (TPSA) is 68.3 Å². The van der Waals surface area contributed by atoms with Crippen molar-refractivity contribution in [1.82, 2.24) is 9.97 Å². The van der Waals surface area contributed by atoms with Gasteiger partial charge in [-0.2, -0.15) is 4.98 Å². The molecule has 0 spiro atoms. The Kier molecular flexibility index (Phi) is 5.12. The second-order valence-electron chi connectivity index (χ2n) is 5.18. The average molecular weight is 358 g/mol. The Balaban J connectivity index is 1.84. The molecule has 8 heteroatoms. The van der Waals surface area contributed by atoms with Crippen molar-refractivity contribution in [3.8, 4) is 11.5 Å². The van der Waals surface area contributed by atoms with Gasteiger partial charge in [0.2, 0.25) is 5.95 Å². The molecule has 0 aliphatic rings. The molecule has 3 aromatic rings. The minimum Gasteiger partial charge on any atom is -0.497 e. The fraction of sp³-hybridized carbons (Fsp3) is 0.111. The Morgan fingerprint density at radius 2 is 1.69 bits per heavy atom. The Labute approximate surface area is 148 Å². The summed E-state index contributed by atoms with van der Waals surface area (Å²) in [6.07, 6.45) is 1.46. The van der Waals surface area contributed by atoms with Gasteiger partial charge in [0.1, 0.15) is 34.6 Å². The number of benzene rings is 2. The van der Waals surface area contributed by atoms with E-state index >= 15 is 0 Å². The van der Waals surface area contributed by atoms with Crippen LogP contribution in [0.2, 0.25) is 0 Å². The number of rotatable bonds is 6. The smallest absolute Gasteiger partial charge is 0.229 e. The zero-order chi connectivity index (χ0) is 18.5. The Hall–Kier alpha value is -3.42. The van der Waals surface area contributed by atoms with Gasteiger partial charge in [-0.15, -0.1) is 0 Å². The first-order valence-electron chi connectivity index (χ1n) is 7.64. The SMILES string of the molecule is COc1ccc(Nc2nccc(Nc3c(F)cccc3F)n2)c(OC)c1. The van der Waals surface area contributed by atoms with Crippen molar-refractivity contribution >= 4 is 23.1 Å². The summed E-state index contributed by atoms with van der Waals surface area (Å²) in [5, 5.41) is 5.62. The van der Waals surface area contributed by atoms with Gasteiger partial charge in [0.15, 0.2) is 0 Å². The number of hydrogen-bond donors (Lipinski definition) is 2. The molecule has 0 unspecified atom stereocenters. The molecule has 0 radical (unpaired) electrons. The lowest BCUT2D eigenvalue weighted by atomic mass is 10.2. The van der Waals surface area contributed by atoms with Crippen LogP contribution in [-0.2, 0) is 0 Å². The lowest BCUT2D eigenvalue weighted by Crippen LogP contribution is -2.03. The van der Waals surface area contributed by atoms with E-state index in [-0.39, 0.29) is 17.5 Å². The number of para-hydroxylation sites is 1. The van der Waals surface area contributed by atoms with Gasteiger partial charge in [-0.3, -0.25) is 0 Å². The highest BCUT2D eigenvalue weighted by Gasteiger charge is 2.11. The molecule has 3 rings (SSSR count). The maximum atomic E-state index is 13.8. The van der Waals surface area contributed by atoms with Crippen LogP contribution in [0, 0.1) is 11.6 Å². The van der Waals surface area contributed by atoms with E-state index in [4.69, 9.17) is 9.47 Å². The number of halogens is 2. The average Bonchev–Trinajstić information content (AvgIpc) is 2.65. The lowest BCUT2D eigenvalue weighted by molar-refractivity contribution is 0.395. The fourth-order valence-corrected chi connectivity index (χ4v) is 2.26. The Morgan fingerprint density at radius 1 is 0.923 bits per heavy atom. The molecule has 0 atom stereocenters. The molecule has 0 saturated carbocycles. The second-order valence-corrected chi connectivity index (χ2v) is 5.18. The summed E-state index contributed by atoms with van der Waals surface area (Å²) in [7, 11) is 3.09. The summed E-state index contributed by atoms with van der Waals surface area (Å²) in [5.74, 6) is 0.212. The number of hydrogen-bond acceptors (Lipinski definition) is 6. The van der Waals surface area contributed by atoms with Crippen LogP contribution in [0.3, 0.4) is 0 Å². The number of ether oxygens (including phenoxy) is 2. The normalized spacial score (nSPS) is 10.3. The van der Waals surface area contributed by atoms with Crippen molar-refractivity contribution in [2.75, 3.05) is 24.9 Å². The first-order valence-corrected chi connectivity index (χ1v) is 7.64. The lowest BCUT2D eigenvalue weighted by Gasteiger charge is -2.12. The van der Waals surface area contributed by atoms with Crippen molar-refractivity contribution in [1.29, 1.82) is 0 Å². The molecule has 1 aromatic heterocycles. The Morgan fingerprint density at radius 3 is 2.38 bits per heavy atom. The highest BCUT2D eigenvalue weighted by molar-refractivity contribution is 5.65. The molecule has 0 aliphatic heterocycles. The van der Waals surface area contributed by atoms with Crippen molar-refractivity contribution in [2.45, 2.75) is 0 Å². The van der Waals surface area contributed by atoms with Crippen LogP contribution >= 0.6 is 0 Å². The van der Waals surface area contributed by atoms with Crippen molar-refractivity contribution in [3.63, 3.8) is 0 Å². The van der Waals surface area contributed by atoms with Crippen LogP contribution in [-0.4, -0.2) is 24.2 Å². The van der Waals surface area contributed by atoms with E-state index < -0.39 is 11.6 Å². The summed E-state index contributed by atoms with van der Waals surface area (Å²) >= 11 is 0. The van der Waals surface area contributed by atoms with Gasteiger partial charge in [-0.1, -0.05) is 6.07 Å². The number of methoxy groups -OCH3 is 2. The molecule has 1 heterocycles. The van der Waals surface area contributed by atoms with E-state index in [1.807, 2.05) is 0 Å². The van der Waals surface area contributed by atoms with Crippen molar-refractivity contribution < 1.29 is 18.3 Å². The van der Waals surface area contributed by atoms with Gasteiger partial charge in [-0.25, -0.2) is 13.8 Å². The predicted octanol–water partition coefficient (Wildman–Crippen LogP) is 4.26. The minimum absolute atomic E-state index is 0.232. The van der Waals surface area contributed by atoms with E-state index in [1.165, 1.54) is 25.4 Å². The largest absolute Gasteiger partial charge is 0.497 e. The predicted molar refractivity (Wildman–Crippen MR) is 94.5 cm³/mol. The molecular formula is C18H16F2N4O2. The Bertz CT molecular complexity index is 901. The van der Waals surface area contributed by atoms with Gasteiger partial charge in [0.25, 0.3) is 0 Å². The molecule has 6 nitrogen and oxygen atoms in total. The quantitative estimate of drug-likeness (QED) is 0.686. The highest BCUT2D eigenvalue weighted by atomic mass is 19.1. The molecule has 0 saturated heterocycles. The zero-order valence-electron chi connectivity index (χ0n) is 14.1. The maximum Gasteiger partial charge on any atom is 0.229 e. The zero-order valence-corrected chi connectivity index (χ0v) is 14.1. The summed E-state index contributed by atoms with van der Waals surface area (Å²) in [6.45, 7) is 0. The molecule has 2 N–H and O–H groups in total. The van der Waals surface area contributed by atoms with E-state index in [1.54, 1.807) is 25.3 Å². The van der Waals surface area contributed by atoms with Crippen LogP contribution in [0.25, 0.3) is 0 Å². The number of nitrogens with zero attached hydrogens (tertiary/aromatic N) is 2. The van der Waals surface area contributed by atoms with E-state index in [0.717, 1.165) is 12.1 Å². The fourth-order valence-electron chi connectivity index (χ4n) is 2.26. The van der Waals surface area contributed by atoms with Gasteiger partial charge >= 0.3 is 0 Å². The third-order valence-corrected chi connectivity index (χ3v) is 3.53. The molecule has 26 heavy (non-hydrogen) atoms. The van der Waals surface area contributed by atoms with Crippen molar-refractivity contribution in [3.05, 3.63) is 60.3 Å². The first kappa shape index (κ1) is 17.4. The van der Waals surface area contributed by atoms with E-state index in [9.17, 15) is 8.78 Å². The first-order chi connectivity index (χ1) is 12.6. The number of aromatic nitrogens is 2. The van der Waals surface area contributed by atoms with Crippen LogP contribution in [0.15, 0.2) is 48.7 Å². The van der Waals surface area contributed by atoms with Gasteiger partial charge < -0.3 is 20.1 Å². The molecule has 2 aromatic carbocycles. The van der Waals surface area contributed by atoms with E-state index in [0.29, 0.717) is 17.2 Å². The highest BCUT2D eigenvalue weighted by Crippen LogP contribution is 2.31. The summed E-state index contributed by atoms with van der Waals surface area (Å²) in [4.78, 5) is 8.31. The molecule has 0 fully saturated rings. The summed E-state index contributed by atoms with van der Waals surface area (Å²) in [6, 6.07) is 10.3. The summed E-state index contributed by atoms with van der Waals surface area (Å²) in [5.41, 5.74) is 0.335. The van der Waals surface area contributed by atoms with Crippen LogP contribution in [0.1, 0.15) is 0 Å². The molecule has 0 aliphatic carbocycles. The summed E-state index contributed by atoms with van der Waals surface area (Å²) < 4.78 is 38.0.